The number of aliphatic hydroxyl groups excluding tert-OH is 1. The molecule has 1 aromatic carbocycles. The molecule has 0 aromatic heterocycles. The molecule has 0 aliphatic heterocycles. The average molecular weight is 262 g/mol. The molecule has 1 rings (SSSR count). The van der Waals surface area contributed by atoms with Gasteiger partial charge in [0.1, 0.15) is 12.7 Å². The number of hydrogen-bond acceptors (Lipinski definition) is 2. The van der Waals surface area contributed by atoms with Gasteiger partial charge in [0.05, 0.1) is 6.61 Å². The summed E-state index contributed by atoms with van der Waals surface area (Å²) in [4.78, 5) is 0. The van der Waals surface area contributed by atoms with Crippen LogP contribution in [-0.2, 0) is 4.74 Å². The zero-order valence-electron chi connectivity index (χ0n) is 10.6. The second-order valence-corrected chi connectivity index (χ2v) is 4.44. The van der Waals surface area contributed by atoms with Crippen molar-refractivity contribution >= 4 is 0 Å². The molecule has 0 fully saturated rings. The number of aliphatic hydroxyl groups is 1. The van der Waals surface area contributed by atoms with Gasteiger partial charge in [-0.25, -0.2) is 0 Å². The van der Waals surface area contributed by atoms with E-state index < -0.39 is 18.9 Å². The third-order valence-corrected chi connectivity index (χ3v) is 2.78. The molecule has 18 heavy (non-hydrogen) atoms. The lowest BCUT2D eigenvalue weighted by molar-refractivity contribution is -0.179. The van der Waals surface area contributed by atoms with Crippen molar-refractivity contribution in [1.82, 2.24) is 0 Å². The molecule has 1 aromatic rings. The van der Waals surface area contributed by atoms with Crippen molar-refractivity contribution < 1.29 is 23.0 Å². The maximum absolute atomic E-state index is 11.9. The van der Waals surface area contributed by atoms with Gasteiger partial charge < -0.3 is 9.84 Å². The number of rotatable bonds is 4. The summed E-state index contributed by atoms with van der Waals surface area (Å²) in [5, 5.41) is 9.82. The van der Waals surface area contributed by atoms with E-state index in [0.717, 1.165) is 16.7 Å². The molecule has 1 unspecified atom stereocenters. The van der Waals surface area contributed by atoms with Crippen molar-refractivity contribution in [3.8, 4) is 0 Å². The highest BCUT2D eigenvalue weighted by Crippen LogP contribution is 2.23. The van der Waals surface area contributed by atoms with Crippen LogP contribution in [0.5, 0.6) is 0 Å². The van der Waals surface area contributed by atoms with Crippen molar-refractivity contribution in [3.05, 3.63) is 34.4 Å². The summed E-state index contributed by atoms with van der Waals surface area (Å²) in [5.41, 5.74) is 3.53. The fraction of sp³-hybridized carbons (Fsp3) is 0.538. The highest BCUT2D eigenvalue weighted by atomic mass is 19.4. The van der Waals surface area contributed by atoms with Crippen LogP contribution in [0.15, 0.2) is 12.1 Å². The first-order valence-electron chi connectivity index (χ1n) is 5.61. The van der Waals surface area contributed by atoms with Crippen molar-refractivity contribution in [3.63, 3.8) is 0 Å². The molecule has 102 valence electrons. The van der Waals surface area contributed by atoms with Crippen LogP contribution >= 0.6 is 0 Å². The molecular weight excluding hydrogens is 245 g/mol. The van der Waals surface area contributed by atoms with Gasteiger partial charge in [-0.1, -0.05) is 12.1 Å². The Hall–Kier alpha value is -1.07. The fourth-order valence-electron chi connectivity index (χ4n) is 1.72. The number of hydrogen-bond donors (Lipinski definition) is 1. The number of benzene rings is 1. The Balaban J connectivity index is 2.67. The first-order chi connectivity index (χ1) is 8.20. The lowest BCUT2D eigenvalue weighted by Gasteiger charge is -2.16. The van der Waals surface area contributed by atoms with Crippen LogP contribution in [0, 0.1) is 20.8 Å². The molecule has 0 aliphatic carbocycles. The van der Waals surface area contributed by atoms with Crippen LogP contribution in [0.25, 0.3) is 0 Å². The Morgan fingerprint density at radius 1 is 1.11 bits per heavy atom. The SMILES string of the molecule is Cc1cc(C)c(C(O)COCC(F)(F)F)cc1C. The van der Waals surface area contributed by atoms with E-state index in [2.05, 4.69) is 4.74 Å². The smallest absolute Gasteiger partial charge is 0.386 e. The molecule has 5 heteroatoms. The fourth-order valence-corrected chi connectivity index (χ4v) is 1.72. The van der Waals surface area contributed by atoms with Crippen molar-refractivity contribution in [2.24, 2.45) is 0 Å². The summed E-state index contributed by atoms with van der Waals surface area (Å²) < 4.78 is 40.2. The van der Waals surface area contributed by atoms with Gasteiger partial charge in [-0.05, 0) is 43.0 Å². The molecule has 0 bridgehead atoms. The molecule has 0 saturated heterocycles. The summed E-state index contributed by atoms with van der Waals surface area (Å²) in [6, 6.07) is 3.68. The molecular formula is C13H17F3O2. The van der Waals surface area contributed by atoms with Crippen molar-refractivity contribution in [1.29, 1.82) is 0 Å². The monoisotopic (exact) mass is 262 g/mol. The van der Waals surface area contributed by atoms with E-state index in [0.29, 0.717) is 5.56 Å². The van der Waals surface area contributed by atoms with E-state index in [1.807, 2.05) is 26.8 Å². The highest BCUT2D eigenvalue weighted by molar-refractivity contribution is 5.37. The van der Waals surface area contributed by atoms with E-state index in [-0.39, 0.29) is 6.61 Å². The Morgan fingerprint density at radius 2 is 1.67 bits per heavy atom. The van der Waals surface area contributed by atoms with Gasteiger partial charge in [0.2, 0.25) is 0 Å². The standard InChI is InChI=1S/C13H17F3O2/c1-8-4-10(3)11(5-9(8)2)12(17)6-18-7-13(14,15)16/h4-5,12,17H,6-7H2,1-3H3. The number of aryl methyl sites for hydroxylation is 3. The van der Waals surface area contributed by atoms with Crippen LogP contribution in [-0.4, -0.2) is 24.5 Å². The van der Waals surface area contributed by atoms with E-state index in [1.165, 1.54) is 0 Å². The lowest BCUT2D eigenvalue weighted by Crippen LogP contribution is -2.20. The topological polar surface area (TPSA) is 29.5 Å². The van der Waals surface area contributed by atoms with E-state index in [1.54, 1.807) is 6.07 Å². The van der Waals surface area contributed by atoms with E-state index in [9.17, 15) is 18.3 Å². The van der Waals surface area contributed by atoms with Gasteiger partial charge in [-0.15, -0.1) is 0 Å². The predicted octanol–water partition coefficient (Wildman–Crippen LogP) is 3.22. The summed E-state index contributed by atoms with van der Waals surface area (Å²) >= 11 is 0. The van der Waals surface area contributed by atoms with Crippen LogP contribution in [0.1, 0.15) is 28.4 Å². The number of halogens is 3. The largest absolute Gasteiger partial charge is 0.411 e. The zero-order valence-corrected chi connectivity index (χ0v) is 10.6. The van der Waals surface area contributed by atoms with Gasteiger partial charge in [-0.2, -0.15) is 13.2 Å². The van der Waals surface area contributed by atoms with Gasteiger partial charge in [0, 0.05) is 0 Å². The first kappa shape index (κ1) is 15.0. The maximum atomic E-state index is 11.9. The minimum Gasteiger partial charge on any atom is -0.386 e. The second-order valence-electron chi connectivity index (χ2n) is 4.44. The van der Waals surface area contributed by atoms with Crippen LogP contribution in [0.3, 0.4) is 0 Å². The van der Waals surface area contributed by atoms with Crippen LogP contribution in [0.2, 0.25) is 0 Å². The molecule has 2 nitrogen and oxygen atoms in total. The minimum atomic E-state index is -4.36. The van der Waals surface area contributed by atoms with Gasteiger partial charge in [0.15, 0.2) is 0 Å². The van der Waals surface area contributed by atoms with Crippen LogP contribution < -0.4 is 0 Å². The first-order valence-corrected chi connectivity index (χ1v) is 5.61. The molecule has 1 N–H and O–H groups in total. The molecule has 0 saturated carbocycles. The zero-order chi connectivity index (χ0) is 13.9. The molecule has 0 aliphatic rings. The van der Waals surface area contributed by atoms with Crippen LogP contribution in [0.4, 0.5) is 13.2 Å². The molecule has 0 amide bonds. The Morgan fingerprint density at radius 3 is 2.22 bits per heavy atom. The molecule has 0 radical (unpaired) electrons. The van der Waals surface area contributed by atoms with Crippen molar-refractivity contribution in [2.75, 3.05) is 13.2 Å². The van der Waals surface area contributed by atoms with Crippen molar-refractivity contribution in [2.45, 2.75) is 33.1 Å². The summed E-state index contributed by atoms with van der Waals surface area (Å²) in [7, 11) is 0. The van der Waals surface area contributed by atoms with Gasteiger partial charge in [-0.3, -0.25) is 0 Å². The molecule has 0 spiro atoms. The number of ether oxygens (including phenoxy) is 1. The Kier molecular flexibility index (Phi) is 4.76. The Labute approximate surface area is 104 Å². The average Bonchev–Trinajstić information content (AvgIpc) is 2.21. The van der Waals surface area contributed by atoms with Gasteiger partial charge >= 0.3 is 6.18 Å². The summed E-state index contributed by atoms with van der Waals surface area (Å²) in [6.45, 7) is 3.95. The van der Waals surface area contributed by atoms with Gasteiger partial charge in [0.25, 0.3) is 0 Å². The quantitative estimate of drug-likeness (QED) is 0.902. The third-order valence-electron chi connectivity index (χ3n) is 2.78. The molecule has 0 heterocycles. The lowest BCUT2D eigenvalue weighted by atomic mass is 9.97. The second kappa shape index (κ2) is 5.71. The minimum absolute atomic E-state index is 0.358. The predicted molar refractivity (Wildman–Crippen MR) is 62.5 cm³/mol. The molecule has 1 atom stereocenters. The highest BCUT2D eigenvalue weighted by Gasteiger charge is 2.28. The summed E-state index contributed by atoms with van der Waals surface area (Å²) in [5.74, 6) is 0. The van der Waals surface area contributed by atoms with E-state index >= 15 is 0 Å². The maximum Gasteiger partial charge on any atom is 0.411 e. The number of alkyl halides is 3. The Bertz CT molecular complexity index is 413. The summed E-state index contributed by atoms with van der Waals surface area (Å²) in [6.07, 6.45) is -5.40. The normalized spacial score (nSPS) is 13.7. The third kappa shape index (κ3) is 4.31. The van der Waals surface area contributed by atoms with E-state index in [4.69, 9.17) is 0 Å².